The van der Waals surface area contributed by atoms with Gasteiger partial charge in [0.2, 0.25) is 0 Å². The first kappa shape index (κ1) is 14.3. The van der Waals surface area contributed by atoms with Gasteiger partial charge in [0.1, 0.15) is 5.84 Å². The molecule has 2 aromatic rings. The maximum Gasteiger partial charge on any atom is 0.152 e. The molecule has 0 aliphatic carbocycles. The fraction of sp³-hybridized carbons (Fsp3) is 0.200. The summed E-state index contributed by atoms with van der Waals surface area (Å²) in [6.45, 7) is 4.80. The van der Waals surface area contributed by atoms with Crippen LogP contribution in [-0.2, 0) is 0 Å². The Labute approximate surface area is 123 Å². The molecule has 5 heteroatoms. The highest BCUT2D eigenvalue weighted by atomic mass is 35.5. The third-order valence-corrected chi connectivity index (χ3v) is 3.51. The number of para-hydroxylation sites is 1. The van der Waals surface area contributed by atoms with E-state index in [9.17, 15) is 0 Å². The van der Waals surface area contributed by atoms with E-state index in [0.29, 0.717) is 16.4 Å². The second-order valence-electron chi connectivity index (χ2n) is 4.44. The summed E-state index contributed by atoms with van der Waals surface area (Å²) in [6.07, 6.45) is 1.62. The second-order valence-corrected chi connectivity index (χ2v) is 4.82. The minimum Gasteiger partial charge on any atom is -0.384 e. The summed E-state index contributed by atoms with van der Waals surface area (Å²) in [4.78, 5) is 6.37. The number of hydrogen-bond donors (Lipinski definition) is 2. The van der Waals surface area contributed by atoms with Gasteiger partial charge in [-0.25, -0.2) is 4.98 Å². The van der Waals surface area contributed by atoms with Gasteiger partial charge in [-0.3, -0.25) is 5.41 Å². The standard InChI is InChI=1S/C15H17ClN4/c1-3-20(12-7-5-4-6-10(12)2)15-13(16)11(14(17)18)8-9-19-15/h4-9H,3H2,1-2H3,(H3,17,18). The van der Waals surface area contributed by atoms with Crippen LogP contribution in [0.25, 0.3) is 0 Å². The summed E-state index contributed by atoms with van der Waals surface area (Å²) in [5.74, 6) is 0.565. The lowest BCUT2D eigenvalue weighted by Gasteiger charge is -2.25. The van der Waals surface area contributed by atoms with Gasteiger partial charge in [-0.1, -0.05) is 29.8 Å². The van der Waals surface area contributed by atoms with Gasteiger partial charge >= 0.3 is 0 Å². The van der Waals surface area contributed by atoms with Crippen LogP contribution >= 0.6 is 11.6 Å². The number of nitrogens with zero attached hydrogens (tertiary/aromatic N) is 2. The fourth-order valence-corrected chi connectivity index (χ4v) is 2.44. The molecular formula is C15H17ClN4. The summed E-state index contributed by atoms with van der Waals surface area (Å²) in [5.41, 5.74) is 8.24. The molecule has 0 aliphatic rings. The van der Waals surface area contributed by atoms with Crippen LogP contribution in [0.15, 0.2) is 36.5 Å². The quantitative estimate of drug-likeness (QED) is 0.668. The number of anilines is 2. The van der Waals surface area contributed by atoms with Crippen molar-refractivity contribution >= 4 is 28.9 Å². The third-order valence-electron chi connectivity index (χ3n) is 3.14. The van der Waals surface area contributed by atoms with Crippen molar-refractivity contribution < 1.29 is 0 Å². The number of benzene rings is 1. The highest BCUT2D eigenvalue weighted by Crippen LogP contribution is 2.33. The van der Waals surface area contributed by atoms with E-state index < -0.39 is 0 Å². The number of rotatable bonds is 4. The van der Waals surface area contributed by atoms with Crippen LogP contribution < -0.4 is 10.6 Å². The van der Waals surface area contributed by atoms with Gasteiger partial charge in [0.05, 0.1) is 5.02 Å². The molecule has 3 N–H and O–H groups in total. The monoisotopic (exact) mass is 288 g/mol. The highest BCUT2D eigenvalue weighted by molar-refractivity contribution is 6.36. The Hall–Kier alpha value is -2.07. The molecule has 0 amide bonds. The predicted octanol–water partition coefficient (Wildman–Crippen LogP) is 3.49. The van der Waals surface area contributed by atoms with Crippen LogP contribution in [0, 0.1) is 12.3 Å². The molecule has 0 fully saturated rings. The number of aryl methyl sites for hydroxylation is 1. The number of nitrogens with one attached hydrogen (secondary N) is 1. The van der Waals surface area contributed by atoms with Gasteiger partial charge in [-0.15, -0.1) is 0 Å². The summed E-state index contributed by atoms with van der Waals surface area (Å²) in [6, 6.07) is 9.69. The Kier molecular flexibility index (Phi) is 4.25. The number of nitrogen functional groups attached to an aromatic ring is 1. The van der Waals surface area contributed by atoms with Crippen LogP contribution in [0.2, 0.25) is 5.02 Å². The molecule has 1 aromatic carbocycles. The van der Waals surface area contributed by atoms with Gasteiger partial charge in [0.15, 0.2) is 5.82 Å². The molecule has 0 aliphatic heterocycles. The average Bonchev–Trinajstić information content (AvgIpc) is 2.43. The van der Waals surface area contributed by atoms with Crippen molar-refractivity contribution in [1.82, 2.24) is 4.98 Å². The minimum absolute atomic E-state index is 0.0560. The first-order valence-corrected chi connectivity index (χ1v) is 6.76. The van der Waals surface area contributed by atoms with Crippen molar-refractivity contribution in [1.29, 1.82) is 5.41 Å². The highest BCUT2D eigenvalue weighted by Gasteiger charge is 2.17. The van der Waals surface area contributed by atoms with Gasteiger partial charge in [0.25, 0.3) is 0 Å². The lowest BCUT2D eigenvalue weighted by atomic mass is 10.1. The van der Waals surface area contributed by atoms with Gasteiger partial charge in [-0.2, -0.15) is 0 Å². The van der Waals surface area contributed by atoms with Gasteiger partial charge in [-0.05, 0) is 31.5 Å². The third kappa shape index (κ3) is 2.60. The number of aromatic nitrogens is 1. The van der Waals surface area contributed by atoms with E-state index in [4.69, 9.17) is 22.7 Å². The maximum absolute atomic E-state index is 7.56. The number of nitrogens with two attached hydrogens (primary N) is 1. The zero-order chi connectivity index (χ0) is 14.7. The van der Waals surface area contributed by atoms with E-state index in [1.165, 1.54) is 0 Å². The van der Waals surface area contributed by atoms with Crippen LogP contribution in [-0.4, -0.2) is 17.4 Å². The number of amidine groups is 1. The average molecular weight is 289 g/mol. The minimum atomic E-state index is -0.0560. The van der Waals surface area contributed by atoms with Crippen molar-refractivity contribution in [2.45, 2.75) is 13.8 Å². The summed E-state index contributed by atoms with van der Waals surface area (Å²) in [5, 5.41) is 7.97. The molecule has 20 heavy (non-hydrogen) atoms. The largest absolute Gasteiger partial charge is 0.384 e. The molecule has 1 heterocycles. The first-order chi connectivity index (χ1) is 9.56. The van der Waals surface area contributed by atoms with Crippen molar-refractivity contribution in [2.24, 2.45) is 5.73 Å². The van der Waals surface area contributed by atoms with E-state index in [0.717, 1.165) is 17.8 Å². The SMILES string of the molecule is CCN(c1ccccc1C)c1nccc(C(=N)N)c1Cl. The van der Waals surface area contributed by atoms with Crippen LogP contribution in [0.1, 0.15) is 18.1 Å². The van der Waals surface area contributed by atoms with Crippen LogP contribution in [0.4, 0.5) is 11.5 Å². The molecule has 104 valence electrons. The Bertz CT molecular complexity index is 640. The summed E-state index contributed by atoms with van der Waals surface area (Å²) in [7, 11) is 0. The number of pyridine rings is 1. The molecule has 2 rings (SSSR count). The first-order valence-electron chi connectivity index (χ1n) is 6.38. The molecular weight excluding hydrogens is 272 g/mol. The van der Waals surface area contributed by atoms with Crippen LogP contribution in [0.5, 0.6) is 0 Å². The van der Waals surface area contributed by atoms with E-state index in [1.54, 1.807) is 12.3 Å². The van der Waals surface area contributed by atoms with Crippen molar-refractivity contribution in [3.63, 3.8) is 0 Å². The van der Waals surface area contributed by atoms with Crippen molar-refractivity contribution in [2.75, 3.05) is 11.4 Å². The van der Waals surface area contributed by atoms with E-state index >= 15 is 0 Å². The Morgan fingerprint density at radius 2 is 2.05 bits per heavy atom. The lowest BCUT2D eigenvalue weighted by Crippen LogP contribution is -2.20. The lowest BCUT2D eigenvalue weighted by molar-refractivity contribution is 0.982. The normalized spacial score (nSPS) is 10.3. The molecule has 0 bridgehead atoms. The van der Waals surface area contributed by atoms with E-state index in [-0.39, 0.29) is 5.84 Å². The number of hydrogen-bond acceptors (Lipinski definition) is 3. The molecule has 1 aromatic heterocycles. The topological polar surface area (TPSA) is 66.0 Å². The van der Waals surface area contributed by atoms with Crippen LogP contribution in [0.3, 0.4) is 0 Å². The Morgan fingerprint density at radius 1 is 1.35 bits per heavy atom. The zero-order valence-electron chi connectivity index (χ0n) is 11.5. The molecule has 0 unspecified atom stereocenters. The molecule has 0 spiro atoms. The molecule has 0 saturated heterocycles. The zero-order valence-corrected chi connectivity index (χ0v) is 12.3. The Balaban J connectivity index is 2.56. The molecule has 0 atom stereocenters. The van der Waals surface area contributed by atoms with Gasteiger partial charge < -0.3 is 10.6 Å². The van der Waals surface area contributed by atoms with Gasteiger partial charge in [0, 0.05) is 24.0 Å². The van der Waals surface area contributed by atoms with Crippen molar-refractivity contribution in [3.05, 3.63) is 52.7 Å². The molecule has 0 saturated carbocycles. The Morgan fingerprint density at radius 3 is 2.65 bits per heavy atom. The summed E-state index contributed by atoms with van der Waals surface area (Å²) >= 11 is 6.35. The van der Waals surface area contributed by atoms with E-state index in [2.05, 4.69) is 4.98 Å². The molecule has 0 radical (unpaired) electrons. The fourth-order valence-electron chi connectivity index (χ4n) is 2.13. The summed E-state index contributed by atoms with van der Waals surface area (Å²) < 4.78 is 0. The van der Waals surface area contributed by atoms with Crippen molar-refractivity contribution in [3.8, 4) is 0 Å². The number of halogens is 1. The maximum atomic E-state index is 7.56. The van der Waals surface area contributed by atoms with E-state index in [1.807, 2.05) is 43.0 Å². The molecule has 4 nitrogen and oxygen atoms in total. The second kappa shape index (κ2) is 5.92. The smallest absolute Gasteiger partial charge is 0.152 e. The predicted molar refractivity (Wildman–Crippen MR) is 84.1 cm³/mol.